The van der Waals surface area contributed by atoms with E-state index in [1.807, 2.05) is 0 Å². The molecule has 0 aliphatic carbocycles. The molecule has 0 heterocycles. The third-order valence-electron chi connectivity index (χ3n) is 14.3. The van der Waals surface area contributed by atoms with E-state index in [-0.39, 0.29) is 31.1 Å². The lowest BCUT2D eigenvalue weighted by Crippen LogP contribution is -2.30. The van der Waals surface area contributed by atoms with Crippen LogP contribution in [0.4, 0.5) is 0 Å². The smallest absolute Gasteiger partial charge is 0.306 e. The van der Waals surface area contributed by atoms with Gasteiger partial charge in [0.1, 0.15) is 13.2 Å². The lowest BCUT2D eigenvalue weighted by Gasteiger charge is -2.18. The van der Waals surface area contributed by atoms with Crippen molar-refractivity contribution < 1.29 is 28.6 Å². The zero-order valence-corrected chi connectivity index (χ0v) is 49.4. The van der Waals surface area contributed by atoms with Gasteiger partial charge in [0, 0.05) is 19.3 Å². The first-order valence-electron chi connectivity index (χ1n) is 32.3. The minimum Gasteiger partial charge on any atom is -0.462 e. The molecule has 0 spiro atoms. The molecule has 6 heteroatoms. The molecule has 0 aliphatic heterocycles. The van der Waals surface area contributed by atoms with Gasteiger partial charge in [0.25, 0.3) is 0 Å². The van der Waals surface area contributed by atoms with Crippen LogP contribution in [0.5, 0.6) is 0 Å². The Morgan fingerprint density at radius 1 is 0.284 bits per heavy atom. The number of carbonyl (C=O) groups is 3. The summed E-state index contributed by atoms with van der Waals surface area (Å²) in [4.78, 5) is 38.3. The number of hydrogen-bond acceptors (Lipinski definition) is 6. The van der Waals surface area contributed by atoms with Crippen molar-refractivity contribution in [3.8, 4) is 0 Å². The number of esters is 3. The molecule has 0 bridgehead atoms. The fourth-order valence-corrected chi connectivity index (χ4v) is 9.43. The highest BCUT2D eigenvalue weighted by Gasteiger charge is 2.19. The molecule has 1 atom stereocenters. The lowest BCUT2D eigenvalue weighted by atomic mass is 10.0. The van der Waals surface area contributed by atoms with Crippen LogP contribution in [0.3, 0.4) is 0 Å². The van der Waals surface area contributed by atoms with Gasteiger partial charge in [-0.05, 0) is 83.5 Å². The van der Waals surface area contributed by atoms with Gasteiger partial charge in [-0.1, -0.05) is 293 Å². The zero-order valence-electron chi connectivity index (χ0n) is 49.4. The van der Waals surface area contributed by atoms with Crippen LogP contribution in [0.15, 0.2) is 60.8 Å². The highest BCUT2D eigenvalue weighted by atomic mass is 16.6. The Morgan fingerprint density at radius 2 is 0.527 bits per heavy atom. The zero-order chi connectivity index (χ0) is 53.6. The van der Waals surface area contributed by atoms with Crippen molar-refractivity contribution in [1.82, 2.24) is 0 Å². The normalized spacial score (nSPS) is 12.4. The van der Waals surface area contributed by atoms with Crippen molar-refractivity contribution in [1.29, 1.82) is 0 Å². The largest absolute Gasteiger partial charge is 0.462 e. The molecule has 0 aromatic heterocycles. The molecule has 0 aromatic carbocycles. The van der Waals surface area contributed by atoms with Gasteiger partial charge in [-0.25, -0.2) is 0 Å². The average Bonchev–Trinajstić information content (AvgIpc) is 3.40. The predicted octanol–water partition coefficient (Wildman–Crippen LogP) is 21.9. The Labute approximate surface area is 460 Å². The van der Waals surface area contributed by atoms with E-state index in [9.17, 15) is 14.4 Å². The monoisotopic (exact) mass is 1030 g/mol. The van der Waals surface area contributed by atoms with Gasteiger partial charge >= 0.3 is 17.9 Å². The predicted molar refractivity (Wildman–Crippen MR) is 321 cm³/mol. The van der Waals surface area contributed by atoms with E-state index in [0.29, 0.717) is 19.3 Å². The number of ether oxygens (including phenoxy) is 3. The van der Waals surface area contributed by atoms with Gasteiger partial charge in [-0.2, -0.15) is 0 Å². The fourth-order valence-electron chi connectivity index (χ4n) is 9.43. The maximum Gasteiger partial charge on any atom is 0.306 e. The Balaban J connectivity index is 4.34. The minimum atomic E-state index is -0.783. The number of allylic oxidation sites excluding steroid dienone is 10. The van der Waals surface area contributed by atoms with Crippen molar-refractivity contribution in [3.63, 3.8) is 0 Å². The quantitative estimate of drug-likeness (QED) is 0.0261. The Kier molecular flexibility index (Phi) is 60.2. The maximum atomic E-state index is 12.9. The van der Waals surface area contributed by atoms with Crippen LogP contribution in [0.2, 0.25) is 0 Å². The van der Waals surface area contributed by atoms with E-state index in [4.69, 9.17) is 14.2 Å². The van der Waals surface area contributed by atoms with E-state index >= 15 is 0 Å². The summed E-state index contributed by atoms with van der Waals surface area (Å²) in [7, 11) is 0. The molecule has 1 unspecified atom stereocenters. The second kappa shape index (κ2) is 62.6. The summed E-state index contributed by atoms with van der Waals surface area (Å²) in [6, 6.07) is 0. The molecule has 0 aliphatic rings. The van der Waals surface area contributed by atoms with E-state index < -0.39 is 6.10 Å². The number of carbonyl (C=O) groups excluding carboxylic acids is 3. The van der Waals surface area contributed by atoms with Gasteiger partial charge < -0.3 is 14.2 Å². The summed E-state index contributed by atoms with van der Waals surface area (Å²) in [5.41, 5.74) is 0. The number of rotatable bonds is 59. The molecule has 6 nitrogen and oxygen atoms in total. The number of hydrogen-bond donors (Lipinski definition) is 0. The Hall–Kier alpha value is -2.89. The summed E-state index contributed by atoms with van der Waals surface area (Å²) in [5, 5.41) is 0. The fraction of sp³-hybridized carbons (Fsp3) is 0.809. The Bertz CT molecular complexity index is 1330. The number of unbranched alkanes of at least 4 members (excludes halogenated alkanes) is 38. The first-order chi connectivity index (χ1) is 36.5. The topological polar surface area (TPSA) is 78.9 Å². The van der Waals surface area contributed by atoms with Crippen molar-refractivity contribution in [2.24, 2.45) is 0 Å². The van der Waals surface area contributed by atoms with E-state index in [0.717, 1.165) is 103 Å². The second-order valence-corrected chi connectivity index (χ2v) is 21.6. The van der Waals surface area contributed by atoms with E-state index in [1.54, 1.807) is 0 Å². The standard InChI is InChI=1S/C68H122O6/c1-4-7-10-13-16-19-22-25-28-30-32-34-36-37-40-43-46-49-52-55-58-61-67(70)73-64-65(63-72-66(69)60-57-54-51-48-45-42-39-27-24-21-18-15-12-9-6-3)74-68(71)62-59-56-53-50-47-44-41-38-35-33-31-29-26-23-20-17-14-11-8-5-2/h9,12,18,21-22,25,27,30,32,39,65H,4-8,10-11,13-17,19-20,23-24,26,28-29,31,33-38,40-64H2,1-3H3/b12-9-,21-18-,25-22-,32-30-,39-27-. The highest BCUT2D eigenvalue weighted by molar-refractivity contribution is 5.71. The molecule has 0 amide bonds. The van der Waals surface area contributed by atoms with Crippen molar-refractivity contribution >= 4 is 17.9 Å². The molecule has 0 saturated carbocycles. The van der Waals surface area contributed by atoms with Crippen molar-refractivity contribution in [2.75, 3.05) is 13.2 Å². The van der Waals surface area contributed by atoms with E-state index in [2.05, 4.69) is 81.5 Å². The van der Waals surface area contributed by atoms with Gasteiger partial charge in [-0.3, -0.25) is 14.4 Å². The summed E-state index contributed by atoms with van der Waals surface area (Å²) < 4.78 is 16.9. The third kappa shape index (κ3) is 60.0. The van der Waals surface area contributed by atoms with E-state index in [1.165, 1.54) is 193 Å². The van der Waals surface area contributed by atoms with Crippen molar-refractivity contribution in [2.45, 2.75) is 341 Å². The molecule has 0 rings (SSSR count). The molecule has 0 aromatic rings. The van der Waals surface area contributed by atoms with Crippen LogP contribution in [0.25, 0.3) is 0 Å². The molecular weight excluding hydrogens is 913 g/mol. The first kappa shape index (κ1) is 71.1. The molecular formula is C68H122O6. The van der Waals surface area contributed by atoms with Gasteiger partial charge in [0.2, 0.25) is 0 Å². The molecule has 0 N–H and O–H groups in total. The van der Waals surface area contributed by atoms with Crippen LogP contribution >= 0.6 is 0 Å². The SMILES string of the molecule is CC/C=C\C/C=C\C/C=C\CCCCCCCC(=O)OCC(COC(=O)CCCCCCCCCCC/C=C\C/C=C\CCCCCCC)OC(=O)CCCCCCCCCCCCCCCCCCCCCC. The molecule has 0 radical (unpaired) electrons. The molecule has 74 heavy (non-hydrogen) atoms. The van der Waals surface area contributed by atoms with Crippen molar-refractivity contribution in [3.05, 3.63) is 60.8 Å². The lowest BCUT2D eigenvalue weighted by molar-refractivity contribution is -0.167. The summed E-state index contributed by atoms with van der Waals surface area (Å²) >= 11 is 0. The van der Waals surface area contributed by atoms with Gasteiger partial charge in [-0.15, -0.1) is 0 Å². The maximum absolute atomic E-state index is 12.9. The third-order valence-corrected chi connectivity index (χ3v) is 14.3. The average molecular weight is 1040 g/mol. The molecule has 0 saturated heterocycles. The van der Waals surface area contributed by atoms with Gasteiger partial charge in [0.15, 0.2) is 6.10 Å². The van der Waals surface area contributed by atoms with Crippen LogP contribution in [-0.2, 0) is 28.6 Å². The van der Waals surface area contributed by atoms with Gasteiger partial charge in [0.05, 0.1) is 0 Å². The van der Waals surface area contributed by atoms with Crippen LogP contribution in [0.1, 0.15) is 335 Å². The first-order valence-corrected chi connectivity index (χ1v) is 32.3. The highest BCUT2D eigenvalue weighted by Crippen LogP contribution is 2.17. The second-order valence-electron chi connectivity index (χ2n) is 21.6. The van der Waals surface area contributed by atoms with Crippen LogP contribution in [0, 0.1) is 0 Å². The Morgan fingerprint density at radius 3 is 0.824 bits per heavy atom. The molecule has 430 valence electrons. The summed E-state index contributed by atoms with van der Waals surface area (Å²) in [5.74, 6) is -0.881. The van der Waals surface area contributed by atoms with Crippen LogP contribution < -0.4 is 0 Å². The molecule has 0 fully saturated rings. The summed E-state index contributed by atoms with van der Waals surface area (Å²) in [6.45, 7) is 6.55. The minimum absolute atomic E-state index is 0.0791. The van der Waals surface area contributed by atoms with Crippen LogP contribution in [-0.4, -0.2) is 37.2 Å². The summed E-state index contributed by atoms with van der Waals surface area (Å²) in [6.07, 6.45) is 79.4.